The monoisotopic (exact) mass is 388 g/mol. The maximum Gasteiger partial charge on any atom is 0.141 e. The Labute approximate surface area is 167 Å². The molecule has 0 aromatic carbocycles. The summed E-state index contributed by atoms with van der Waals surface area (Å²) in [5, 5.41) is 3.95. The molecule has 0 radical (unpaired) electrons. The Morgan fingerprint density at radius 1 is 1.04 bits per heavy atom. The number of nitrogens with zero attached hydrogens (tertiary/aromatic N) is 5. The number of thiazole rings is 1. The highest BCUT2D eigenvalue weighted by Gasteiger charge is 2.19. The molecule has 140 valence electrons. The number of piperidine rings is 1. The van der Waals surface area contributed by atoms with E-state index in [1.54, 1.807) is 17.5 Å². The van der Waals surface area contributed by atoms with E-state index in [0.29, 0.717) is 0 Å². The molecule has 6 nitrogen and oxygen atoms in total. The molecule has 0 spiro atoms. The normalized spacial score (nSPS) is 17.2. The molecule has 1 aliphatic rings. The topological polar surface area (TPSA) is 80.8 Å². The zero-order valence-corrected chi connectivity index (χ0v) is 16.1. The van der Waals surface area contributed by atoms with Crippen molar-refractivity contribution >= 4 is 27.9 Å². The lowest BCUT2D eigenvalue weighted by molar-refractivity contribution is 0.507. The van der Waals surface area contributed by atoms with Crippen molar-refractivity contribution in [1.82, 2.24) is 19.9 Å². The zero-order chi connectivity index (χ0) is 18.9. The Morgan fingerprint density at radius 3 is 2.82 bits per heavy atom. The van der Waals surface area contributed by atoms with Crippen LogP contribution < -0.4 is 10.6 Å². The summed E-state index contributed by atoms with van der Waals surface area (Å²) in [6.07, 6.45) is 7.67. The second-order valence-electron chi connectivity index (χ2n) is 7.01. The number of pyridine rings is 3. The van der Waals surface area contributed by atoms with E-state index in [2.05, 4.69) is 32.0 Å². The average molecular weight is 389 g/mol. The Morgan fingerprint density at radius 2 is 1.96 bits per heavy atom. The molecule has 2 N–H and O–H groups in total. The van der Waals surface area contributed by atoms with Gasteiger partial charge in [-0.1, -0.05) is 6.07 Å². The van der Waals surface area contributed by atoms with Crippen LogP contribution in [0.15, 0.2) is 54.3 Å². The molecule has 0 aliphatic carbocycles. The highest BCUT2D eigenvalue weighted by Crippen LogP contribution is 2.30. The fraction of sp³-hybridized carbons (Fsp3) is 0.238. The summed E-state index contributed by atoms with van der Waals surface area (Å²) in [6.45, 7) is 1.89. The maximum atomic E-state index is 6.21. The number of hydrogen-bond donors (Lipinski definition) is 1. The molecule has 4 aromatic heterocycles. The predicted molar refractivity (Wildman–Crippen MR) is 113 cm³/mol. The van der Waals surface area contributed by atoms with Crippen molar-refractivity contribution in [3.05, 3.63) is 54.3 Å². The maximum absolute atomic E-state index is 6.21. The number of anilines is 1. The minimum atomic E-state index is 0.218. The molecule has 1 aliphatic heterocycles. The molecule has 0 amide bonds. The summed E-state index contributed by atoms with van der Waals surface area (Å²) in [5.74, 6) is 0. The quantitative estimate of drug-likeness (QED) is 0.576. The first-order valence-electron chi connectivity index (χ1n) is 9.40. The van der Waals surface area contributed by atoms with Gasteiger partial charge in [0.05, 0.1) is 28.8 Å². The first kappa shape index (κ1) is 17.2. The van der Waals surface area contributed by atoms with E-state index in [-0.39, 0.29) is 6.04 Å². The van der Waals surface area contributed by atoms with Gasteiger partial charge in [0, 0.05) is 48.0 Å². The van der Waals surface area contributed by atoms with Crippen LogP contribution >= 0.6 is 11.3 Å². The van der Waals surface area contributed by atoms with E-state index in [1.807, 2.05) is 36.0 Å². The fourth-order valence-corrected chi connectivity index (χ4v) is 4.33. The number of aromatic nitrogens is 4. The van der Waals surface area contributed by atoms with Crippen LogP contribution in [0.5, 0.6) is 0 Å². The summed E-state index contributed by atoms with van der Waals surface area (Å²) >= 11 is 1.58. The van der Waals surface area contributed by atoms with Crippen LogP contribution in [0.3, 0.4) is 0 Å². The largest absolute Gasteiger partial charge is 0.369 e. The molecule has 0 unspecified atom stereocenters. The lowest BCUT2D eigenvalue weighted by Crippen LogP contribution is -2.42. The molecule has 1 atom stereocenters. The minimum absolute atomic E-state index is 0.218. The summed E-state index contributed by atoms with van der Waals surface area (Å²) < 4.78 is 0. The van der Waals surface area contributed by atoms with Crippen LogP contribution in [0.25, 0.3) is 33.0 Å². The van der Waals surface area contributed by atoms with Gasteiger partial charge in [-0.2, -0.15) is 0 Å². The van der Waals surface area contributed by atoms with Gasteiger partial charge in [0.15, 0.2) is 0 Å². The van der Waals surface area contributed by atoms with Gasteiger partial charge in [0.1, 0.15) is 5.01 Å². The molecule has 1 fully saturated rings. The number of fused-ring (bicyclic) bond motifs is 1. The molecule has 5 rings (SSSR count). The van der Waals surface area contributed by atoms with E-state index < -0.39 is 0 Å². The number of nitrogens with two attached hydrogens (primary N) is 1. The molecule has 7 heteroatoms. The van der Waals surface area contributed by atoms with E-state index in [1.165, 1.54) is 5.69 Å². The van der Waals surface area contributed by atoms with Crippen LogP contribution in [0.2, 0.25) is 0 Å². The Bertz CT molecular complexity index is 1110. The average Bonchev–Trinajstić information content (AvgIpc) is 3.28. The Hall–Kier alpha value is -2.90. The van der Waals surface area contributed by atoms with E-state index in [4.69, 9.17) is 10.7 Å². The molecule has 0 bridgehead atoms. The van der Waals surface area contributed by atoms with Gasteiger partial charge >= 0.3 is 0 Å². The molecule has 1 saturated heterocycles. The SMILES string of the molecule is N[C@H]1CCCN(c2ccnc3cnc(-c4cccc(-c5nccs5)n4)cc23)C1. The third-order valence-corrected chi connectivity index (χ3v) is 5.86. The fourth-order valence-electron chi connectivity index (χ4n) is 3.73. The number of rotatable bonds is 3. The first-order chi connectivity index (χ1) is 13.8. The van der Waals surface area contributed by atoms with E-state index in [0.717, 1.165) is 58.9 Å². The lowest BCUT2D eigenvalue weighted by atomic mass is 10.0. The van der Waals surface area contributed by atoms with Crippen molar-refractivity contribution in [3.63, 3.8) is 0 Å². The molecular weight excluding hydrogens is 368 g/mol. The Kier molecular flexibility index (Phi) is 4.46. The van der Waals surface area contributed by atoms with Crippen molar-refractivity contribution < 1.29 is 0 Å². The summed E-state index contributed by atoms with van der Waals surface area (Å²) in [5.41, 5.74) is 10.8. The van der Waals surface area contributed by atoms with Crippen molar-refractivity contribution in [2.75, 3.05) is 18.0 Å². The Balaban J connectivity index is 1.58. The van der Waals surface area contributed by atoms with Crippen LogP contribution in [0, 0.1) is 0 Å². The van der Waals surface area contributed by atoms with Gasteiger partial charge in [-0.25, -0.2) is 9.97 Å². The van der Waals surface area contributed by atoms with Crippen LogP contribution in [0.4, 0.5) is 5.69 Å². The molecule has 4 aromatic rings. The van der Waals surface area contributed by atoms with E-state index >= 15 is 0 Å². The summed E-state index contributed by atoms with van der Waals surface area (Å²) in [4.78, 5) is 20.6. The molecule has 5 heterocycles. The highest BCUT2D eigenvalue weighted by molar-refractivity contribution is 7.13. The summed E-state index contributed by atoms with van der Waals surface area (Å²) in [7, 11) is 0. The lowest BCUT2D eigenvalue weighted by Gasteiger charge is -2.33. The molecular formula is C21H20N6S. The minimum Gasteiger partial charge on any atom is -0.369 e. The molecule has 28 heavy (non-hydrogen) atoms. The van der Waals surface area contributed by atoms with Gasteiger partial charge in [-0.05, 0) is 37.1 Å². The smallest absolute Gasteiger partial charge is 0.141 e. The molecule has 0 saturated carbocycles. The second kappa shape index (κ2) is 7.26. The van der Waals surface area contributed by atoms with Crippen LogP contribution in [-0.2, 0) is 0 Å². The van der Waals surface area contributed by atoms with Crippen molar-refractivity contribution in [1.29, 1.82) is 0 Å². The third kappa shape index (κ3) is 3.23. The van der Waals surface area contributed by atoms with Gasteiger partial charge in [0.2, 0.25) is 0 Å². The predicted octanol–water partition coefficient (Wildman–Crippen LogP) is 3.74. The van der Waals surface area contributed by atoms with Crippen molar-refractivity contribution in [3.8, 4) is 22.1 Å². The van der Waals surface area contributed by atoms with Crippen LogP contribution in [0.1, 0.15) is 12.8 Å². The van der Waals surface area contributed by atoms with Gasteiger partial charge < -0.3 is 10.6 Å². The first-order valence-corrected chi connectivity index (χ1v) is 10.3. The van der Waals surface area contributed by atoms with Crippen molar-refractivity contribution in [2.45, 2.75) is 18.9 Å². The van der Waals surface area contributed by atoms with E-state index in [9.17, 15) is 0 Å². The zero-order valence-electron chi connectivity index (χ0n) is 15.3. The van der Waals surface area contributed by atoms with Crippen molar-refractivity contribution in [2.24, 2.45) is 5.73 Å². The third-order valence-electron chi connectivity index (χ3n) is 5.07. The van der Waals surface area contributed by atoms with Gasteiger partial charge in [-0.15, -0.1) is 11.3 Å². The number of hydrogen-bond acceptors (Lipinski definition) is 7. The summed E-state index contributed by atoms with van der Waals surface area (Å²) in [6, 6.07) is 10.3. The second-order valence-corrected chi connectivity index (χ2v) is 7.90. The highest BCUT2D eigenvalue weighted by atomic mass is 32.1. The van der Waals surface area contributed by atoms with Gasteiger partial charge in [0.25, 0.3) is 0 Å². The standard InChI is InChI=1S/C21H20N6S/c22-14-3-2-9-27(13-14)20-6-7-23-19-12-25-18(11-15(19)20)16-4-1-5-17(26-16)21-24-8-10-28-21/h1,4-8,10-12,14H,2-3,9,13,22H2/t14-/m0/s1. The van der Waals surface area contributed by atoms with Gasteiger partial charge in [-0.3, -0.25) is 9.97 Å². The van der Waals surface area contributed by atoms with Crippen LogP contribution in [-0.4, -0.2) is 39.1 Å².